The predicted octanol–water partition coefficient (Wildman–Crippen LogP) is 2.46. The summed E-state index contributed by atoms with van der Waals surface area (Å²) in [5.74, 6) is 2.14. The van der Waals surface area contributed by atoms with Gasteiger partial charge in [-0.2, -0.15) is 0 Å². The number of nitrogens with zero attached hydrogens (tertiary/aromatic N) is 2. The zero-order chi connectivity index (χ0) is 22.2. The highest BCUT2D eigenvalue weighted by atomic mass is 16.5. The van der Waals surface area contributed by atoms with E-state index in [9.17, 15) is 9.59 Å². The van der Waals surface area contributed by atoms with Crippen molar-refractivity contribution in [2.75, 3.05) is 14.2 Å². The summed E-state index contributed by atoms with van der Waals surface area (Å²) in [6.07, 6.45) is 0. The number of carbonyl (C=O) groups is 1. The molecule has 0 aliphatic heterocycles. The van der Waals surface area contributed by atoms with Gasteiger partial charge in [-0.25, -0.2) is 4.98 Å². The predicted molar refractivity (Wildman–Crippen MR) is 115 cm³/mol. The van der Waals surface area contributed by atoms with Crippen molar-refractivity contribution >= 4 is 5.91 Å². The molecule has 8 heteroatoms. The number of hydrogen-bond donors (Lipinski definition) is 1. The molecular formula is C23H25N3O5. The summed E-state index contributed by atoms with van der Waals surface area (Å²) in [5.41, 5.74) is 1.18. The van der Waals surface area contributed by atoms with Crippen molar-refractivity contribution in [2.45, 2.75) is 26.6 Å². The summed E-state index contributed by atoms with van der Waals surface area (Å²) in [5, 5.41) is 2.82. The quantitative estimate of drug-likeness (QED) is 0.569. The van der Waals surface area contributed by atoms with E-state index in [1.54, 1.807) is 45.4 Å². The molecule has 1 N–H and O–H groups in total. The topological polar surface area (TPSA) is 91.7 Å². The Balaban J connectivity index is 1.66. The highest BCUT2D eigenvalue weighted by Crippen LogP contribution is 2.18. The number of nitrogens with one attached hydrogen (secondary N) is 1. The Kier molecular flexibility index (Phi) is 7.26. The first-order valence-corrected chi connectivity index (χ1v) is 9.72. The Morgan fingerprint density at radius 3 is 2.16 bits per heavy atom. The number of carbonyl (C=O) groups excluding carboxylic acids is 1. The molecule has 0 bridgehead atoms. The van der Waals surface area contributed by atoms with Gasteiger partial charge in [-0.05, 0) is 48.9 Å². The van der Waals surface area contributed by atoms with E-state index in [0.29, 0.717) is 29.6 Å². The monoisotopic (exact) mass is 423 g/mol. The van der Waals surface area contributed by atoms with E-state index in [1.165, 1.54) is 10.6 Å². The van der Waals surface area contributed by atoms with Gasteiger partial charge in [0.05, 0.1) is 14.2 Å². The van der Waals surface area contributed by atoms with Crippen LogP contribution in [0.25, 0.3) is 0 Å². The van der Waals surface area contributed by atoms with Gasteiger partial charge < -0.3 is 19.5 Å². The standard InChI is InChI=1S/C23H25N3O5/c1-16-12-23(28)26(14-22(27)24-13-17-4-6-18(29-2)7-5-17)21(25-16)15-31-20-10-8-19(30-3)9-11-20/h4-12H,13-15H2,1-3H3,(H,24,27). The molecule has 0 saturated carbocycles. The summed E-state index contributed by atoms with van der Waals surface area (Å²) in [7, 11) is 3.19. The van der Waals surface area contributed by atoms with Crippen LogP contribution in [-0.4, -0.2) is 29.7 Å². The van der Waals surface area contributed by atoms with Crippen LogP contribution in [0.15, 0.2) is 59.4 Å². The van der Waals surface area contributed by atoms with Gasteiger partial charge >= 0.3 is 0 Å². The van der Waals surface area contributed by atoms with Crippen LogP contribution in [0.4, 0.5) is 0 Å². The van der Waals surface area contributed by atoms with Gasteiger partial charge in [0.25, 0.3) is 5.56 Å². The zero-order valence-corrected chi connectivity index (χ0v) is 17.8. The molecule has 31 heavy (non-hydrogen) atoms. The normalized spacial score (nSPS) is 10.4. The van der Waals surface area contributed by atoms with Crippen LogP contribution in [0.2, 0.25) is 0 Å². The second-order valence-electron chi connectivity index (χ2n) is 6.83. The van der Waals surface area contributed by atoms with E-state index in [0.717, 1.165) is 11.3 Å². The molecule has 0 aliphatic rings. The molecule has 0 radical (unpaired) electrons. The van der Waals surface area contributed by atoms with Crippen LogP contribution in [0, 0.1) is 6.92 Å². The second-order valence-corrected chi connectivity index (χ2v) is 6.83. The lowest BCUT2D eigenvalue weighted by atomic mass is 10.2. The number of aromatic nitrogens is 2. The minimum Gasteiger partial charge on any atom is -0.497 e. The maximum Gasteiger partial charge on any atom is 0.254 e. The molecule has 0 saturated heterocycles. The van der Waals surface area contributed by atoms with Crippen LogP contribution in [-0.2, 0) is 24.5 Å². The Morgan fingerprint density at radius 1 is 0.968 bits per heavy atom. The lowest BCUT2D eigenvalue weighted by molar-refractivity contribution is -0.121. The molecule has 0 atom stereocenters. The molecule has 0 spiro atoms. The fourth-order valence-electron chi connectivity index (χ4n) is 2.92. The van der Waals surface area contributed by atoms with Gasteiger partial charge in [-0.3, -0.25) is 14.2 Å². The van der Waals surface area contributed by atoms with Crippen LogP contribution in [0.1, 0.15) is 17.1 Å². The van der Waals surface area contributed by atoms with Crippen molar-refractivity contribution < 1.29 is 19.0 Å². The van der Waals surface area contributed by atoms with Crippen molar-refractivity contribution in [1.82, 2.24) is 14.9 Å². The van der Waals surface area contributed by atoms with E-state index < -0.39 is 0 Å². The fourth-order valence-corrected chi connectivity index (χ4v) is 2.92. The summed E-state index contributed by atoms with van der Waals surface area (Å²) in [4.78, 5) is 29.4. The molecular weight excluding hydrogens is 398 g/mol. The molecule has 1 aromatic heterocycles. The number of methoxy groups -OCH3 is 2. The van der Waals surface area contributed by atoms with Gasteiger partial charge in [0.15, 0.2) is 0 Å². The number of benzene rings is 2. The molecule has 0 fully saturated rings. The van der Waals surface area contributed by atoms with E-state index in [1.807, 2.05) is 24.3 Å². The van der Waals surface area contributed by atoms with Crippen molar-refractivity contribution in [3.05, 3.63) is 82.0 Å². The molecule has 1 amide bonds. The molecule has 1 heterocycles. The van der Waals surface area contributed by atoms with Crippen LogP contribution in [0.3, 0.4) is 0 Å². The van der Waals surface area contributed by atoms with Gasteiger partial charge in [0.2, 0.25) is 5.91 Å². The average Bonchev–Trinajstić information content (AvgIpc) is 2.79. The average molecular weight is 423 g/mol. The minimum atomic E-state index is -0.305. The van der Waals surface area contributed by atoms with Gasteiger partial charge in [0.1, 0.15) is 36.2 Å². The lowest BCUT2D eigenvalue weighted by Gasteiger charge is -2.14. The minimum absolute atomic E-state index is 0.0506. The van der Waals surface area contributed by atoms with Crippen molar-refractivity contribution in [3.63, 3.8) is 0 Å². The summed E-state index contributed by atoms with van der Waals surface area (Å²) >= 11 is 0. The van der Waals surface area contributed by atoms with E-state index in [4.69, 9.17) is 14.2 Å². The molecule has 3 rings (SSSR count). The van der Waals surface area contributed by atoms with Crippen LogP contribution >= 0.6 is 0 Å². The smallest absolute Gasteiger partial charge is 0.254 e. The Labute approximate surface area is 180 Å². The summed E-state index contributed by atoms with van der Waals surface area (Å²) in [6, 6.07) is 15.9. The van der Waals surface area contributed by atoms with E-state index in [-0.39, 0.29) is 24.6 Å². The molecule has 162 valence electrons. The van der Waals surface area contributed by atoms with E-state index in [2.05, 4.69) is 10.3 Å². The third-order valence-electron chi connectivity index (χ3n) is 4.59. The zero-order valence-electron chi connectivity index (χ0n) is 17.8. The highest BCUT2D eigenvalue weighted by molar-refractivity contribution is 5.75. The Morgan fingerprint density at radius 2 is 1.55 bits per heavy atom. The Hall–Kier alpha value is -3.81. The second kappa shape index (κ2) is 10.3. The first kappa shape index (κ1) is 21.9. The lowest BCUT2D eigenvalue weighted by Crippen LogP contribution is -2.34. The number of rotatable bonds is 9. The third-order valence-corrected chi connectivity index (χ3v) is 4.59. The number of amides is 1. The summed E-state index contributed by atoms with van der Waals surface area (Å²) in [6.45, 7) is 1.97. The van der Waals surface area contributed by atoms with Gasteiger partial charge in [-0.1, -0.05) is 12.1 Å². The molecule has 2 aromatic carbocycles. The number of aryl methyl sites for hydroxylation is 1. The van der Waals surface area contributed by atoms with Crippen molar-refractivity contribution in [3.8, 4) is 17.2 Å². The third kappa shape index (κ3) is 6.08. The Bertz CT molecular complexity index is 1080. The number of ether oxygens (including phenoxy) is 3. The number of hydrogen-bond acceptors (Lipinski definition) is 6. The summed E-state index contributed by atoms with van der Waals surface area (Å²) < 4.78 is 17.3. The first-order chi connectivity index (χ1) is 15.0. The molecule has 8 nitrogen and oxygen atoms in total. The highest BCUT2D eigenvalue weighted by Gasteiger charge is 2.12. The van der Waals surface area contributed by atoms with E-state index >= 15 is 0 Å². The SMILES string of the molecule is COc1ccc(CNC(=O)Cn2c(COc3ccc(OC)cc3)nc(C)cc2=O)cc1. The molecule has 0 unspecified atom stereocenters. The van der Waals surface area contributed by atoms with Crippen molar-refractivity contribution in [1.29, 1.82) is 0 Å². The maximum atomic E-state index is 12.5. The van der Waals surface area contributed by atoms with Gasteiger partial charge in [-0.15, -0.1) is 0 Å². The van der Waals surface area contributed by atoms with Gasteiger partial charge in [0, 0.05) is 18.3 Å². The fraction of sp³-hybridized carbons (Fsp3) is 0.261. The molecule has 3 aromatic rings. The maximum absolute atomic E-state index is 12.5. The van der Waals surface area contributed by atoms with Crippen LogP contribution in [0.5, 0.6) is 17.2 Å². The molecule has 0 aliphatic carbocycles. The largest absolute Gasteiger partial charge is 0.497 e. The van der Waals surface area contributed by atoms with Crippen molar-refractivity contribution in [2.24, 2.45) is 0 Å². The first-order valence-electron chi connectivity index (χ1n) is 9.72. The van der Waals surface area contributed by atoms with Crippen LogP contribution < -0.4 is 25.1 Å².